The molecule has 7 heteroatoms. The van der Waals surface area contributed by atoms with E-state index in [-0.39, 0.29) is 12.5 Å². The number of nitrogens with zero attached hydrogens (tertiary/aromatic N) is 3. The maximum absolute atomic E-state index is 12.4. The Kier molecular flexibility index (Phi) is 5.11. The summed E-state index contributed by atoms with van der Waals surface area (Å²) in [5, 5.41) is 2.85. The molecule has 0 aliphatic carbocycles. The molecular formula is C22H20N4O3. The van der Waals surface area contributed by atoms with Crippen LogP contribution in [0.3, 0.4) is 0 Å². The van der Waals surface area contributed by atoms with Crippen LogP contribution in [0.1, 0.15) is 21.7 Å². The first-order chi connectivity index (χ1) is 14.1. The van der Waals surface area contributed by atoms with E-state index in [0.717, 1.165) is 17.0 Å². The molecule has 0 fully saturated rings. The van der Waals surface area contributed by atoms with Crippen molar-refractivity contribution in [1.29, 1.82) is 0 Å². The fraction of sp³-hybridized carbons (Fsp3) is 0.136. The first kappa shape index (κ1) is 18.5. The third kappa shape index (κ3) is 4.19. The van der Waals surface area contributed by atoms with Gasteiger partial charge < -0.3 is 19.2 Å². The number of carbonyl (C=O) groups excluding carboxylic acids is 1. The summed E-state index contributed by atoms with van der Waals surface area (Å²) in [4.78, 5) is 21.1. The quantitative estimate of drug-likeness (QED) is 0.542. The monoisotopic (exact) mass is 388 g/mol. The van der Waals surface area contributed by atoms with Gasteiger partial charge in [-0.3, -0.25) is 9.78 Å². The number of aromatic nitrogens is 3. The van der Waals surface area contributed by atoms with Crippen LogP contribution in [-0.2, 0) is 6.61 Å². The van der Waals surface area contributed by atoms with E-state index in [9.17, 15) is 4.79 Å². The molecule has 4 aromatic rings. The van der Waals surface area contributed by atoms with Gasteiger partial charge in [-0.05, 0) is 43.3 Å². The van der Waals surface area contributed by atoms with Gasteiger partial charge >= 0.3 is 0 Å². The van der Waals surface area contributed by atoms with Crippen LogP contribution in [0.4, 0.5) is 5.69 Å². The number of imidazole rings is 1. The van der Waals surface area contributed by atoms with Crippen LogP contribution in [0, 0.1) is 6.92 Å². The SMILES string of the molecule is COc1ccc(NC(=O)c2ccc(C)nc2)cc1OCc1cn2ccccc2n1. The van der Waals surface area contributed by atoms with E-state index >= 15 is 0 Å². The van der Waals surface area contributed by atoms with Crippen LogP contribution in [0.15, 0.2) is 67.1 Å². The van der Waals surface area contributed by atoms with Crippen LogP contribution < -0.4 is 14.8 Å². The smallest absolute Gasteiger partial charge is 0.257 e. The number of amides is 1. The van der Waals surface area contributed by atoms with Gasteiger partial charge in [0.25, 0.3) is 5.91 Å². The molecule has 29 heavy (non-hydrogen) atoms. The predicted octanol–water partition coefficient (Wildman–Crippen LogP) is 3.88. The molecule has 3 aromatic heterocycles. The first-order valence-corrected chi connectivity index (χ1v) is 9.10. The van der Waals surface area contributed by atoms with E-state index in [0.29, 0.717) is 22.7 Å². The molecule has 0 saturated heterocycles. The number of ether oxygens (including phenoxy) is 2. The van der Waals surface area contributed by atoms with Gasteiger partial charge in [0, 0.05) is 36.0 Å². The minimum Gasteiger partial charge on any atom is -0.493 e. The van der Waals surface area contributed by atoms with Gasteiger partial charge in [-0.2, -0.15) is 0 Å². The minimum atomic E-state index is -0.242. The normalized spacial score (nSPS) is 10.7. The zero-order chi connectivity index (χ0) is 20.2. The van der Waals surface area contributed by atoms with Gasteiger partial charge in [0.15, 0.2) is 11.5 Å². The van der Waals surface area contributed by atoms with Gasteiger partial charge in [-0.25, -0.2) is 4.98 Å². The van der Waals surface area contributed by atoms with Gasteiger partial charge in [-0.15, -0.1) is 0 Å². The molecule has 0 bridgehead atoms. The molecule has 0 spiro atoms. The molecule has 0 atom stereocenters. The summed E-state index contributed by atoms with van der Waals surface area (Å²) in [6, 6.07) is 14.6. The fourth-order valence-corrected chi connectivity index (χ4v) is 2.88. The number of anilines is 1. The van der Waals surface area contributed by atoms with Crippen molar-refractivity contribution in [2.75, 3.05) is 12.4 Å². The lowest BCUT2D eigenvalue weighted by Crippen LogP contribution is -2.12. The van der Waals surface area contributed by atoms with Crippen molar-refractivity contribution in [3.63, 3.8) is 0 Å². The zero-order valence-electron chi connectivity index (χ0n) is 16.1. The Morgan fingerprint density at radius 3 is 2.79 bits per heavy atom. The number of benzene rings is 1. The first-order valence-electron chi connectivity index (χ1n) is 9.10. The Morgan fingerprint density at radius 1 is 1.14 bits per heavy atom. The fourth-order valence-electron chi connectivity index (χ4n) is 2.88. The number of hydrogen-bond donors (Lipinski definition) is 1. The Balaban J connectivity index is 1.50. The average Bonchev–Trinajstić information content (AvgIpc) is 3.16. The summed E-state index contributed by atoms with van der Waals surface area (Å²) in [7, 11) is 1.57. The van der Waals surface area contributed by atoms with E-state index < -0.39 is 0 Å². The largest absolute Gasteiger partial charge is 0.493 e. The highest BCUT2D eigenvalue weighted by Crippen LogP contribution is 2.31. The van der Waals surface area contributed by atoms with Crippen LogP contribution in [0.25, 0.3) is 5.65 Å². The Morgan fingerprint density at radius 2 is 2.03 bits per heavy atom. The van der Waals surface area contributed by atoms with Crippen LogP contribution in [0.5, 0.6) is 11.5 Å². The number of nitrogens with one attached hydrogen (secondary N) is 1. The number of methoxy groups -OCH3 is 1. The zero-order valence-corrected chi connectivity index (χ0v) is 16.1. The average molecular weight is 388 g/mol. The summed E-state index contributed by atoms with van der Waals surface area (Å²) in [5.74, 6) is 0.849. The number of carbonyl (C=O) groups is 1. The van der Waals surface area contributed by atoms with Gasteiger partial charge in [-0.1, -0.05) is 6.07 Å². The molecule has 1 amide bonds. The third-order valence-electron chi connectivity index (χ3n) is 4.38. The number of fused-ring (bicyclic) bond motifs is 1. The van der Waals surface area contributed by atoms with Crippen LogP contribution in [-0.4, -0.2) is 27.4 Å². The summed E-state index contributed by atoms with van der Waals surface area (Å²) in [6.45, 7) is 2.15. The number of pyridine rings is 2. The lowest BCUT2D eigenvalue weighted by Gasteiger charge is -2.12. The van der Waals surface area contributed by atoms with Crippen LogP contribution in [0.2, 0.25) is 0 Å². The minimum absolute atomic E-state index is 0.242. The van der Waals surface area contributed by atoms with Crippen molar-refractivity contribution in [3.8, 4) is 11.5 Å². The topological polar surface area (TPSA) is 77.8 Å². The summed E-state index contributed by atoms with van der Waals surface area (Å²) >= 11 is 0. The number of aryl methyl sites for hydroxylation is 1. The second kappa shape index (κ2) is 8.02. The van der Waals surface area contributed by atoms with Crippen molar-refractivity contribution in [3.05, 3.63) is 84.1 Å². The molecule has 1 aromatic carbocycles. The summed E-state index contributed by atoms with van der Waals surface area (Å²) in [5.41, 5.74) is 3.58. The van der Waals surface area contributed by atoms with E-state index in [1.165, 1.54) is 0 Å². The molecule has 4 rings (SSSR count). The van der Waals surface area contributed by atoms with E-state index in [1.54, 1.807) is 43.6 Å². The molecule has 0 radical (unpaired) electrons. The molecule has 3 heterocycles. The highest BCUT2D eigenvalue weighted by atomic mass is 16.5. The third-order valence-corrected chi connectivity index (χ3v) is 4.38. The standard InChI is InChI=1S/C22H20N4O3/c1-15-6-7-16(12-23-15)22(27)25-17-8-9-19(28-2)20(11-17)29-14-18-13-26-10-4-3-5-21(26)24-18/h3-13H,14H2,1-2H3,(H,25,27). The maximum Gasteiger partial charge on any atom is 0.257 e. The van der Waals surface area contributed by atoms with Crippen LogP contribution >= 0.6 is 0 Å². The lowest BCUT2D eigenvalue weighted by atomic mass is 10.2. The number of hydrogen-bond acceptors (Lipinski definition) is 5. The molecule has 0 aliphatic rings. The molecule has 146 valence electrons. The highest BCUT2D eigenvalue weighted by molar-refractivity contribution is 6.04. The van der Waals surface area contributed by atoms with Crippen molar-refractivity contribution in [2.24, 2.45) is 0 Å². The van der Waals surface area contributed by atoms with Crippen molar-refractivity contribution >= 4 is 17.2 Å². The molecular weight excluding hydrogens is 368 g/mol. The Bertz CT molecular complexity index is 1120. The van der Waals surface area contributed by atoms with Crippen molar-refractivity contribution in [2.45, 2.75) is 13.5 Å². The van der Waals surface area contributed by atoms with E-state index in [1.807, 2.05) is 41.9 Å². The highest BCUT2D eigenvalue weighted by Gasteiger charge is 2.11. The summed E-state index contributed by atoms with van der Waals surface area (Å²) < 4.78 is 13.2. The van der Waals surface area contributed by atoms with Gasteiger partial charge in [0.2, 0.25) is 0 Å². The van der Waals surface area contributed by atoms with Gasteiger partial charge in [0.05, 0.1) is 18.4 Å². The Hall–Kier alpha value is -3.87. The predicted molar refractivity (Wildman–Crippen MR) is 109 cm³/mol. The van der Waals surface area contributed by atoms with Crippen molar-refractivity contribution in [1.82, 2.24) is 14.4 Å². The molecule has 0 aliphatic heterocycles. The lowest BCUT2D eigenvalue weighted by molar-refractivity contribution is 0.102. The molecule has 0 saturated carbocycles. The Labute approximate surface area is 168 Å². The summed E-state index contributed by atoms with van der Waals surface area (Å²) in [6.07, 6.45) is 5.40. The second-order valence-electron chi connectivity index (χ2n) is 6.50. The van der Waals surface area contributed by atoms with E-state index in [2.05, 4.69) is 15.3 Å². The molecule has 0 unspecified atom stereocenters. The molecule has 7 nitrogen and oxygen atoms in total. The maximum atomic E-state index is 12.4. The molecule has 1 N–H and O–H groups in total. The second-order valence-corrected chi connectivity index (χ2v) is 6.50. The number of rotatable bonds is 6. The van der Waals surface area contributed by atoms with Crippen molar-refractivity contribution < 1.29 is 14.3 Å². The van der Waals surface area contributed by atoms with E-state index in [4.69, 9.17) is 9.47 Å². The van der Waals surface area contributed by atoms with Gasteiger partial charge in [0.1, 0.15) is 12.3 Å².